The summed E-state index contributed by atoms with van der Waals surface area (Å²) in [5, 5.41) is 0.736. The van der Waals surface area contributed by atoms with Gasteiger partial charge in [0.2, 0.25) is 0 Å². The van der Waals surface area contributed by atoms with Gasteiger partial charge in [-0.25, -0.2) is 4.99 Å². The minimum atomic E-state index is 0.0620. The zero-order valence-corrected chi connectivity index (χ0v) is 14.2. The third-order valence-electron chi connectivity index (χ3n) is 4.76. The quantitative estimate of drug-likeness (QED) is 0.545. The molecule has 1 unspecified atom stereocenters. The summed E-state index contributed by atoms with van der Waals surface area (Å²) in [6.45, 7) is 0. The van der Waals surface area contributed by atoms with Crippen molar-refractivity contribution >= 4 is 29.2 Å². The van der Waals surface area contributed by atoms with Gasteiger partial charge in [-0.2, -0.15) is 0 Å². The van der Waals surface area contributed by atoms with E-state index in [1.54, 1.807) is 0 Å². The van der Waals surface area contributed by atoms with Crippen molar-refractivity contribution in [3.63, 3.8) is 0 Å². The van der Waals surface area contributed by atoms with E-state index in [1.807, 2.05) is 24.3 Å². The molecule has 1 atom stereocenters. The van der Waals surface area contributed by atoms with Crippen LogP contribution in [-0.4, -0.2) is 10.7 Å². The first kappa shape index (κ1) is 14.5. The Bertz CT molecular complexity index is 1020. The summed E-state index contributed by atoms with van der Waals surface area (Å²) in [5.74, 6) is 0.988. The maximum atomic E-state index is 6.30. The molecule has 0 fully saturated rings. The molecule has 5 rings (SSSR count). The molecule has 3 aromatic rings. The fraction of sp³-hybridized carbons (Fsp3) is 0.0455. The fourth-order valence-electron chi connectivity index (χ4n) is 3.63. The number of benzene rings is 3. The number of rotatable bonds is 1. The molecule has 2 aliphatic rings. The molecule has 3 heteroatoms. The Hall–Kier alpha value is -2.84. The van der Waals surface area contributed by atoms with Gasteiger partial charge in [0.1, 0.15) is 5.84 Å². The molecular weight excluding hydrogens is 328 g/mol. The zero-order valence-electron chi connectivity index (χ0n) is 13.4. The van der Waals surface area contributed by atoms with Crippen LogP contribution in [0.1, 0.15) is 28.3 Å². The Morgan fingerprint density at radius 3 is 2.56 bits per heavy atom. The lowest BCUT2D eigenvalue weighted by atomic mass is 9.91. The third kappa shape index (κ3) is 2.30. The maximum Gasteiger partial charge on any atom is 0.141 e. The molecule has 0 radical (unpaired) electrons. The molecule has 2 heterocycles. The van der Waals surface area contributed by atoms with Crippen LogP contribution < -0.4 is 0 Å². The zero-order chi connectivity index (χ0) is 16.8. The van der Waals surface area contributed by atoms with Crippen LogP contribution in [0.5, 0.6) is 0 Å². The SMILES string of the molecule is Clc1ccc2c(c1)C(c1ccccc1)N1C=Cc3ccccc3C1=N2. The van der Waals surface area contributed by atoms with Gasteiger partial charge in [-0.1, -0.05) is 66.2 Å². The second kappa shape index (κ2) is 5.61. The summed E-state index contributed by atoms with van der Waals surface area (Å²) >= 11 is 6.30. The predicted octanol–water partition coefficient (Wildman–Crippen LogP) is 5.81. The van der Waals surface area contributed by atoms with Crippen molar-refractivity contribution in [1.82, 2.24) is 4.90 Å². The summed E-state index contributed by atoms with van der Waals surface area (Å²) in [5.41, 5.74) is 5.69. The first-order chi connectivity index (χ1) is 12.3. The van der Waals surface area contributed by atoms with Crippen LogP contribution in [0, 0.1) is 0 Å². The summed E-state index contributed by atoms with van der Waals surface area (Å²) in [6.07, 6.45) is 4.28. The molecule has 0 aromatic heterocycles. The van der Waals surface area contributed by atoms with Crippen LogP contribution in [0.2, 0.25) is 5.02 Å². The van der Waals surface area contributed by atoms with Crippen molar-refractivity contribution in [2.75, 3.05) is 0 Å². The highest BCUT2D eigenvalue weighted by Crippen LogP contribution is 2.43. The normalized spacial score (nSPS) is 17.4. The third-order valence-corrected chi connectivity index (χ3v) is 5.00. The second-order valence-electron chi connectivity index (χ2n) is 6.26. The second-order valence-corrected chi connectivity index (χ2v) is 6.70. The minimum Gasteiger partial charge on any atom is -0.321 e. The van der Waals surface area contributed by atoms with Gasteiger partial charge < -0.3 is 4.90 Å². The number of halogens is 1. The van der Waals surface area contributed by atoms with Gasteiger partial charge in [0, 0.05) is 22.3 Å². The number of aliphatic imine (C=N–C) groups is 1. The lowest BCUT2D eigenvalue weighted by Gasteiger charge is -2.38. The average Bonchev–Trinajstić information content (AvgIpc) is 2.67. The van der Waals surface area contributed by atoms with Crippen LogP contribution in [0.25, 0.3) is 6.08 Å². The molecule has 0 saturated heterocycles. The van der Waals surface area contributed by atoms with Crippen LogP contribution in [0.3, 0.4) is 0 Å². The van der Waals surface area contributed by atoms with Gasteiger partial charge in [-0.15, -0.1) is 0 Å². The standard InChI is InChI=1S/C22H15ClN2/c23-17-10-11-20-19(14-17)21(16-7-2-1-3-8-16)25-13-12-15-6-4-5-9-18(15)22(25)24-20/h1-14,21H. The van der Waals surface area contributed by atoms with Crippen LogP contribution >= 0.6 is 11.6 Å². The summed E-state index contributed by atoms with van der Waals surface area (Å²) in [7, 11) is 0. The van der Waals surface area contributed by atoms with E-state index in [1.165, 1.54) is 11.1 Å². The monoisotopic (exact) mass is 342 g/mol. The van der Waals surface area contributed by atoms with Crippen LogP contribution in [-0.2, 0) is 0 Å². The highest BCUT2D eigenvalue weighted by molar-refractivity contribution is 6.30. The number of nitrogens with zero attached hydrogens (tertiary/aromatic N) is 2. The summed E-state index contributed by atoms with van der Waals surface area (Å²) in [4.78, 5) is 7.20. The number of hydrogen-bond acceptors (Lipinski definition) is 2. The smallest absolute Gasteiger partial charge is 0.141 e. The molecule has 120 valence electrons. The average molecular weight is 343 g/mol. The molecule has 0 saturated carbocycles. The maximum absolute atomic E-state index is 6.30. The van der Waals surface area contributed by atoms with Gasteiger partial charge in [-0.05, 0) is 35.4 Å². The highest BCUT2D eigenvalue weighted by atomic mass is 35.5. The fourth-order valence-corrected chi connectivity index (χ4v) is 3.81. The van der Waals surface area contributed by atoms with Crippen molar-refractivity contribution in [2.24, 2.45) is 4.99 Å². The predicted molar refractivity (Wildman–Crippen MR) is 103 cm³/mol. The topological polar surface area (TPSA) is 15.6 Å². The lowest BCUT2D eigenvalue weighted by Crippen LogP contribution is -2.36. The Balaban J connectivity index is 1.78. The number of hydrogen-bond donors (Lipinski definition) is 0. The summed E-state index contributed by atoms with van der Waals surface area (Å²) < 4.78 is 0. The Morgan fingerprint density at radius 2 is 1.68 bits per heavy atom. The van der Waals surface area contributed by atoms with Crippen molar-refractivity contribution in [2.45, 2.75) is 6.04 Å². The Morgan fingerprint density at radius 1 is 0.880 bits per heavy atom. The summed E-state index contributed by atoms with van der Waals surface area (Å²) in [6, 6.07) is 24.9. The van der Waals surface area contributed by atoms with Crippen LogP contribution in [0.4, 0.5) is 5.69 Å². The van der Waals surface area contributed by atoms with Gasteiger partial charge in [0.05, 0.1) is 11.7 Å². The van der Waals surface area contributed by atoms with E-state index >= 15 is 0 Å². The van der Waals surface area contributed by atoms with Crippen molar-refractivity contribution < 1.29 is 0 Å². The van der Waals surface area contributed by atoms with Crippen molar-refractivity contribution in [3.8, 4) is 0 Å². The van der Waals surface area contributed by atoms with E-state index in [4.69, 9.17) is 16.6 Å². The molecule has 0 N–H and O–H groups in total. The lowest BCUT2D eigenvalue weighted by molar-refractivity contribution is 0.464. The Kier molecular flexibility index (Phi) is 3.25. The van der Waals surface area contributed by atoms with E-state index in [2.05, 4.69) is 65.7 Å². The molecule has 0 spiro atoms. The molecule has 0 amide bonds. The highest BCUT2D eigenvalue weighted by Gasteiger charge is 2.33. The van der Waals surface area contributed by atoms with E-state index in [-0.39, 0.29) is 6.04 Å². The number of fused-ring (bicyclic) bond motifs is 4. The van der Waals surface area contributed by atoms with E-state index < -0.39 is 0 Å². The molecule has 2 aliphatic heterocycles. The van der Waals surface area contributed by atoms with Gasteiger partial charge in [0.25, 0.3) is 0 Å². The van der Waals surface area contributed by atoms with E-state index in [9.17, 15) is 0 Å². The van der Waals surface area contributed by atoms with Crippen LogP contribution in [0.15, 0.2) is 84.0 Å². The first-order valence-electron chi connectivity index (χ1n) is 8.30. The van der Waals surface area contributed by atoms with E-state index in [0.29, 0.717) is 0 Å². The molecule has 2 nitrogen and oxygen atoms in total. The van der Waals surface area contributed by atoms with Gasteiger partial charge >= 0.3 is 0 Å². The van der Waals surface area contributed by atoms with Gasteiger partial charge in [-0.3, -0.25) is 0 Å². The number of amidine groups is 1. The molecule has 0 aliphatic carbocycles. The molecule has 0 bridgehead atoms. The Labute approximate surface area is 151 Å². The van der Waals surface area contributed by atoms with Crippen molar-refractivity contribution in [3.05, 3.63) is 106 Å². The minimum absolute atomic E-state index is 0.0620. The molecule has 3 aromatic carbocycles. The first-order valence-corrected chi connectivity index (χ1v) is 8.68. The molecular formula is C22H15ClN2. The van der Waals surface area contributed by atoms with Crippen molar-refractivity contribution in [1.29, 1.82) is 0 Å². The van der Waals surface area contributed by atoms with E-state index in [0.717, 1.165) is 27.7 Å². The van der Waals surface area contributed by atoms with Gasteiger partial charge in [0.15, 0.2) is 0 Å². The largest absolute Gasteiger partial charge is 0.321 e. The molecule has 25 heavy (non-hydrogen) atoms.